The van der Waals surface area contributed by atoms with Gasteiger partial charge in [-0.15, -0.1) is 0 Å². The van der Waals surface area contributed by atoms with Gasteiger partial charge < -0.3 is 14.6 Å². The number of aromatic nitrogens is 1. The molecule has 0 spiro atoms. The van der Waals surface area contributed by atoms with Gasteiger partial charge in [0.2, 0.25) is 0 Å². The van der Waals surface area contributed by atoms with E-state index in [0.29, 0.717) is 5.56 Å². The molecule has 1 aromatic heterocycles. The van der Waals surface area contributed by atoms with Gasteiger partial charge in [-0.2, -0.15) is 13.2 Å². The van der Waals surface area contributed by atoms with Gasteiger partial charge in [0.1, 0.15) is 0 Å². The summed E-state index contributed by atoms with van der Waals surface area (Å²) in [6, 6.07) is 6.89. The van der Waals surface area contributed by atoms with E-state index in [9.17, 15) is 18.0 Å². The van der Waals surface area contributed by atoms with Gasteiger partial charge in [-0.25, -0.2) is 0 Å². The SMILES string of the molecule is O=C(c1ccc2cc[nH]c2c1)N1CCOC(C(F)(F)F)C1. The van der Waals surface area contributed by atoms with Gasteiger partial charge in [-0.05, 0) is 23.6 Å². The summed E-state index contributed by atoms with van der Waals surface area (Å²) in [5.41, 5.74) is 1.15. The van der Waals surface area contributed by atoms with Crippen LogP contribution in [0.1, 0.15) is 10.4 Å². The van der Waals surface area contributed by atoms with Crippen LogP contribution in [-0.4, -0.2) is 47.8 Å². The number of fused-ring (bicyclic) bond motifs is 1. The molecule has 3 rings (SSSR count). The van der Waals surface area contributed by atoms with E-state index in [4.69, 9.17) is 4.74 Å². The molecule has 0 saturated carbocycles. The number of halogens is 3. The fraction of sp³-hybridized carbons (Fsp3) is 0.357. The summed E-state index contributed by atoms with van der Waals surface area (Å²) >= 11 is 0. The molecule has 1 unspecified atom stereocenters. The van der Waals surface area contributed by atoms with E-state index < -0.39 is 24.7 Å². The molecule has 1 saturated heterocycles. The fourth-order valence-corrected chi connectivity index (χ4v) is 2.40. The number of hydrogen-bond acceptors (Lipinski definition) is 2. The number of nitrogens with one attached hydrogen (secondary N) is 1. The van der Waals surface area contributed by atoms with Crippen molar-refractivity contribution >= 4 is 16.8 Å². The molecular weight excluding hydrogens is 285 g/mol. The Labute approximate surface area is 118 Å². The monoisotopic (exact) mass is 298 g/mol. The number of amides is 1. The first-order valence-electron chi connectivity index (χ1n) is 6.50. The molecule has 7 heteroatoms. The Bertz CT molecular complexity index is 666. The molecule has 1 N–H and O–H groups in total. The molecule has 1 amide bonds. The Morgan fingerprint density at radius 1 is 1.33 bits per heavy atom. The molecule has 1 aliphatic rings. The van der Waals surface area contributed by atoms with Crippen molar-refractivity contribution in [2.24, 2.45) is 0 Å². The number of ether oxygens (including phenoxy) is 1. The first-order valence-corrected chi connectivity index (χ1v) is 6.50. The Balaban J connectivity index is 1.80. The average molecular weight is 298 g/mol. The predicted molar refractivity (Wildman–Crippen MR) is 70.0 cm³/mol. The molecule has 1 fully saturated rings. The molecule has 4 nitrogen and oxygen atoms in total. The number of aromatic amines is 1. The standard InChI is InChI=1S/C14H13F3N2O2/c15-14(16,17)12-8-19(5-6-21-12)13(20)10-2-1-9-3-4-18-11(9)7-10/h1-4,7,12,18H,5-6,8H2. The molecule has 2 aromatic rings. The average Bonchev–Trinajstić information content (AvgIpc) is 2.93. The van der Waals surface area contributed by atoms with Gasteiger partial charge >= 0.3 is 6.18 Å². The van der Waals surface area contributed by atoms with Crippen LogP contribution >= 0.6 is 0 Å². The summed E-state index contributed by atoms with van der Waals surface area (Å²) in [7, 11) is 0. The maximum absolute atomic E-state index is 12.7. The third kappa shape index (κ3) is 2.73. The van der Waals surface area contributed by atoms with Crippen LogP contribution in [0.25, 0.3) is 10.9 Å². The highest BCUT2D eigenvalue weighted by molar-refractivity contribution is 5.98. The summed E-state index contributed by atoms with van der Waals surface area (Å²) in [6.07, 6.45) is -4.63. The van der Waals surface area contributed by atoms with E-state index in [2.05, 4.69) is 4.98 Å². The van der Waals surface area contributed by atoms with Crippen LogP contribution in [0.2, 0.25) is 0 Å². The minimum atomic E-state index is -4.46. The van der Waals surface area contributed by atoms with Crippen LogP contribution in [0.4, 0.5) is 13.2 Å². The quantitative estimate of drug-likeness (QED) is 0.879. The summed E-state index contributed by atoms with van der Waals surface area (Å²) in [4.78, 5) is 16.5. The molecular formula is C14H13F3N2O2. The van der Waals surface area contributed by atoms with Crippen molar-refractivity contribution in [3.63, 3.8) is 0 Å². The summed E-state index contributed by atoms with van der Waals surface area (Å²) in [5, 5.41) is 0.946. The molecule has 0 radical (unpaired) electrons. The number of carbonyl (C=O) groups excluding carboxylic acids is 1. The van der Waals surface area contributed by atoms with Crippen LogP contribution in [0.15, 0.2) is 30.5 Å². The molecule has 112 valence electrons. The third-order valence-corrected chi connectivity index (χ3v) is 3.52. The van der Waals surface area contributed by atoms with Crippen molar-refractivity contribution < 1.29 is 22.7 Å². The molecule has 1 atom stereocenters. The Morgan fingerprint density at radius 3 is 2.90 bits per heavy atom. The van der Waals surface area contributed by atoms with Crippen molar-refractivity contribution in [2.75, 3.05) is 19.7 Å². The third-order valence-electron chi connectivity index (χ3n) is 3.52. The minimum Gasteiger partial charge on any atom is -0.365 e. The van der Waals surface area contributed by atoms with E-state index in [0.717, 1.165) is 10.9 Å². The van der Waals surface area contributed by atoms with Gasteiger partial charge in [0.15, 0.2) is 6.10 Å². The van der Waals surface area contributed by atoms with Crippen molar-refractivity contribution in [1.82, 2.24) is 9.88 Å². The van der Waals surface area contributed by atoms with Gasteiger partial charge in [0.05, 0.1) is 13.2 Å². The zero-order valence-electron chi connectivity index (χ0n) is 11.0. The molecule has 1 aliphatic heterocycles. The normalized spacial score (nSPS) is 20.0. The lowest BCUT2D eigenvalue weighted by Gasteiger charge is -2.33. The van der Waals surface area contributed by atoms with Crippen molar-refractivity contribution in [3.05, 3.63) is 36.0 Å². The highest BCUT2D eigenvalue weighted by Crippen LogP contribution is 2.26. The summed E-state index contributed by atoms with van der Waals surface area (Å²) < 4.78 is 42.7. The fourth-order valence-electron chi connectivity index (χ4n) is 2.40. The number of benzene rings is 1. The van der Waals surface area contributed by atoms with E-state index in [-0.39, 0.29) is 13.2 Å². The van der Waals surface area contributed by atoms with E-state index in [1.54, 1.807) is 24.4 Å². The second kappa shape index (κ2) is 5.07. The van der Waals surface area contributed by atoms with Crippen molar-refractivity contribution in [1.29, 1.82) is 0 Å². The lowest BCUT2D eigenvalue weighted by molar-refractivity contribution is -0.233. The zero-order valence-corrected chi connectivity index (χ0v) is 11.0. The van der Waals surface area contributed by atoms with Gasteiger partial charge in [-0.3, -0.25) is 4.79 Å². The Morgan fingerprint density at radius 2 is 2.14 bits per heavy atom. The first-order chi connectivity index (χ1) is 9.95. The van der Waals surface area contributed by atoms with Crippen molar-refractivity contribution in [3.8, 4) is 0 Å². The van der Waals surface area contributed by atoms with Crippen LogP contribution < -0.4 is 0 Å². The number of nitrogens with zero attached hydrogens (tertiary/aromatic N) is 1. The molecule has 2 heterocycles. The predicted octanol–water partition coefficient (Wildman–Crippen LogP) is 2.57. The number of alkyl halides is 3. The van der Waals surface area contributed by atoms with Crippen LogP contribution in [0.3, 0.4) is 0 Å². The molecule has 21 heavy (non-hydrogen) atoms. The summed E-state index contributed by atoms with van der Waals surface area (Å²) in [5.74, 6) is -0.413. The van der Waals surface area contributed by atoms with Crippen molar-refractivity contribution in [2.45, 2.75) is 12.3 Å². The number of hydrogen-bond donors (Lipinski definition) is 1. The largest absolute Gasteiger partial charge is 0.416 e. The van der Waals surface area contributed by atoms with Crippen LogP contribution in [0, 0.1) is 0 Å². The highest BCUT2D eigenvalue weighted by atomic mass is 19.4. The maximum atomic E-state index is 12.7. The van der Waals surface area contributed by atoms with E-state index in [1.165, 1.54) is 4.90 Å². The molecule has 0 aliphatic carbocycles. The maximum Gasteiger partial charge on any atom is 0.416 e. The van der Waals surface area contributed by atoms with Gasteiger partial charge in [-0.1, -0.05) is 6.07 Å². The van der Waals surface area contributed by atoms with Crippen LogP contribution in [-0.2, 0) is 4.74 Å². The van der Waals surface area contributed by atoms with Crippen LogP contribution in [0.5, 0.6) is 0 Å². The van der Waals surface area contributed by atoms with E-state index in [1.807, 2.05) is 6.07 Å². The highest BCUT2D eigenvalue weighted by Gasteiger charge is 2.44. The Kier molecular flexibility index (Phi) is 3.36. The lowest BCUT2D eigenvalue weighted by Crippen LogP contribution is -2.51. The number of H-pyrrole nitrogens is 1. The Hall–Kier alpha value is -2.02. The summed E-state index contributed by atoms with van der Waals surface area (Å²) in [6.45, 7) is -0.417. The number of carbonyl (C=O) groups is 1. The smallest absolute Gasteiger partial charge is 0.365 e. The number of rotatable bonds is 1. The topological polar surface area (TPSA) is 45.3 Å². The molecule has 1 aromatic carbocycles. The van der Waals surface area contributed by atoms with Gasteiger partial charge in [0, 0.05) is 23.8 Å². The second-order valence-corrected chi connectivity index (χ2v) is 4.93. The van der Waals surface area contributed by atoms with Gasteiger partial charge in [0.25, 0.3) is 5.91 Å². The lowest BCUT2D eigenvalue weighted by atomic mass is 10.1. The first kappa shape index (κ1) is 13.9. The minimum absolute atomic E-state index is 0.110. The second-order valence-electron chi connectivity index (χ2n) is 4.93. The molecule has 0 bridgehead atoms. The number of morpholine rings is 1. The van der Waals surface area contributed by atoms with E-state index >= 15 is 0 Å². The zero-order chi connectivity index (χ0) is 15.0.